The van der Waals surface area contributed by atoms with Crippen LogP contribution in [0.5, 0.6) is 0 Å². The summed E-state index contributed by atoms with van der Waals surface area (Å²) in [6, 6.07) is 19.3. The zero-order chi connectivity index (χ0) is 30.1. The van der Waals surface area contributed by atoms with E-state index < -0.39 is 12.2 Å². The molecular weight excluding hydrogens is 540 g/mol. The number of rotatable bonds is 21. The molecule has 0 atom stereocenters. The van der Waals surface area contributed by atoms with E-state index >= 15 is 0 Å². The number of hydrogen-bond donors (Lipinski definition) is 2. The van der Waals surface area contributed by atoms with Gasteiger partial charge < -0.3 is 29.6 Å². The van der Waals surface area contributed by atoms with Gasteiger partial charge in [0, 0.05) is 38.8 Å². The van der Waals surface area contributed by atoms with Gasteiger partial charge >= 0.3 is 24.1 Å². The van der Waals surface area contributed by atoms with Crippen LogP contribution in [-0.4, -0.2) is 57.1 Å². The number of unbranched alkanes of at least 4 members (excludes halogenated alkanes) is 4. The minimum atomic E-state index is -0.509. The van der Waals surface area contributed by atoms with Gasteiger partial charge in [0.05, 0.1) is 26.4 Å². The third-order valence-corrected chi connectivity index (χ3v) is 6.14. The summed E-state index contributed by atoms with van der Waals surface area (Å²) in [5.41, 5.74) is 2.08. The molecule has 0 bridgehead atoms. The fourth-order valence-corrected chi connectivity index (χ4v) is 3.84. The normalized spacial score (nSPS) is 10.4. The van der Waals surface area contributed by atoms with Gasteiger partial charge in [0.15, 0.2) is 0 Å². The first-order valence-electron chi connectivity index (χ1n) is 14.7. The van der Waals surface area contributed by atoms with Crippen LogP contribution in [0.4, 0.5) is 9.59 Å². The molecule has 10 heteroatoms. The number of hydrogen-bond acceptors (Lipinski definition) is 8. The van der Waals surface area contributed by atoms with E-state index in [1.807, 2.05) is 60.7 Å². The molecule has 0 aliphatic carbocycles. The SMILES string of the molecule is O=C(CCCCCCCNC(=O)OCCCOC(=O)NCc1ccccc1)OCCCOC(=O)CCc1ccccc1. The van der Waals surface area contributed by atoms with Crippen molar-refractivity contribution in [3.63, 3.8) is 0 Å². The molecule has 0 radical (unpaired) electrons. The predicted octanol–water partition coefficient (Wildman–Crippen LogP) is 5.48. The molecular formula is C32H44N2O8. The van der Waals surface area contributed by atoms with Crippen LogP contribution in [0.1, 0.15) is 68.9 Å². The number of aryl methyl sites for hydroxylation is 1. The van der Waals surface area contributed by atoms with Gasteiger partial charge in [-0.25, -0.2) is 9.59 Å². The van der Waals surface area contributed by atoms with E-state index in [1.54, 1.807) is 0 Å². The van der Waals surface area contributed by atoms with Gasteiger partial charge in [-0.1, -0.05) is 79.9 Å². The zero-order valence-corrected chi connectivity index (χ0v) is 24.4. The molecule has 0 aromatic heterocycles. The number of alkyl carbamates (subject to hydrolysis) is 2. The van der Waals surface area contributed by atoms with Gasteiger partial charge in [0.25, 0.3) is 0 Å². The number of carbonyl (C=O) groups is 4. The maximum atomic E-state index is 11.8. The molecule has 0 saturated heterocycles. The molecule has 0 saturated carbocycles. The van der Waals surface area contributed by atoms with E-state index in [9.17, 15) is 19.2 Å². The van der Waals surface area contributed by atoms with Crippen molar-refractivity contribution in [1.82, 2.24) is 10.6 Å². The van der Waals surface area contributed by atoms with Gasteiger partial charge in [-0.05, 0) is 30.4 Å². The Morgan fingerprint density at radius 1 is 0.500 bits per heavy atom. The Hall–Kier alpha value is -4.08. The van der Waals surface area contributed by atoms with Crippen LogP contribution in [0.15, 0.2) is 60.7 Å². The second kappa shape index (κ2) is 22.6. The lowest BCUT2D eigenvalue weighted by atomic mass is 10.1. The van der Waals surface area contributed by atoms with Crippen LogP contribution in [-0.2, 0) is 41.5 Å². The van der Waals surface area contributed by atoms with Crippen LogP contribution >= 0.6 is 0 Å². The maximum Gasteiger partial charge on any atom is 0.407 e. The predicted molar refractivity (Wildman–Crippen MR) is 158 cm³/mol. The fraction of sp³-hybridized carbons (Fsp3) is 0.500. The molecule has 2 aromatic carbocycles. The second-order valence-electron chi connectivity index (χ2n) is 9.69. The van der Waals surface area contributed by atoms with Gasteiger partial charge in [-0.2, -0.15) is 0 Å². The summed E-state index contributed by atoms with van der Waals surface area (Å²) >= 11 is 0. The van der Waals surface area contributed by atoms with Gasteiger partial charge in [0.1, 0.15) is 0 Å². The van der Waals surface area contributed by atoms with Crippen molar-refractivity contribution in [2.24, 2.45) is 0 Å². The number of esters is 2. The monoisotopic (exact) mass is 584 g/mol. The van der Waals surface area contributed by atoms with Crippen molar-refractivity contribution in [2.45, 2.75) is 70.8 Å². The molecule has 2 amide bonds. The maximum absolute atomic E-state index is 11.8. The number of carbonyl (C=O) groups excluding carboxylic acids is 4. The highest BCUT2D eigenvalue weighted by molar-refractivity contribution is 5.70. The average Bonchev–Trinajstić information content (AvgIpc) is 3.01. The van der Waals surface area contributed by atoms with Crippen molar-refractivity contribution in [2.75, 3.05) is 33.0 Å². The molecule has 230 valence electrons. The summed E-state index contributed by atoms with van der Waals surface area (Å²) in [4.78, 5) is 47.0. The smallest absolute Gasteiger partial charge is 0.407 e. The molecule has 42 heavy (non-hydrogen) atoms. The van der Waals surface area contributed by atoms with Crippen LogP contribution in [0.2, 0.25) is 0 Å². The van der Waals surface area contributed by atoms with E-state index in [0.717, 1.165) is 43.2 Å². The quantitative estimate of drug-likeness (QED) is 0.112. The largest absolute Gasteiger partial charge is 0.466 e. The van der Waals surface area contributed by atoms with Crippen LogP contribution in [0, 0.1) is 0 Å². The van der Waals surface area contributed by atoms with Crippen molar-refractivity contribution in [3.05, 3.63) is 71.8 Å². The molecule has 0 heterocycles. The summed E-state index contributed by atoms with van der Waals surface area (Å²) in [5.74, 6) is -0.492. The van der Waals surface area contributed by atoms with E-state index in [2.05, 4.69) is 10.6 Å². The number of nitrogens with one attached hydrogen (secondary N) is 2. The lowest BCUT2D eigenvalue weighted by molar-refractivity contribution is -0.146. The summed E-state index contributed by atoms with van der Waals surface area (Å²) in [6.45, 7) is 1.70. The molecule has 2 aromatic rings. The molecule has 0 spiro atoms. The zero-order valence-electron chi connectivity index (χ0n) is 24.4. The average molecular weight is 585 g/mol. The molecule has 2 N–H and O–H groups in total. The number of ether oxygens (including phenoxy) is 4. The highest BCUT2D eigenvalue weighted by atomic mass is 16.6. The van der Waals surface area contributed by atoms with Gasteiger partial charge in [-0.3, -0.25) is 9.59 Å². The van der Waals surface area contributed by atoms with E-state index in [0.29, 0.717) is 45.2 Å². The summed E-state index contributed by atoms with van der Waals surface area (Å²) < 4.78 is 20.5. The number of benzene rings is 2. The lowest BCUT2D eigenvalue weighted by Crippen LogP contribution is -2.27. The summed E-state index contributed by atoms with van der Waals surface area (Å²) in [6.07, 6.45) is 5.57. The van der Waals surface area contributed by atoms with E-state index in [1.165, 1.54) is 0 Å². The lowest BCUT2D eigenvalue weighted by Gasteiger charge is -2.09. The topological polar surface area (TPSA) is 129 Å². The second-order valence-corrected chi connectivity index (χ2v) is 9.69. The van der Waals surface area contributed by atoms with Crippen molar-refractivity contribution in [3.8, 4) is 0 Å². The molecule has 0 aliphatic rings. The van der Waals surface area contributed by atoms with Crippen LogP contribution in [0.3, 0.4) is 0 Å². The Kier molecular flexibility index (Phi) is 18.4. The van der Waals surface area contributed by atoms with Crippen LogP contribution in [0.25, 0.3) is 0 Å². The fourth-order valence-electron chi connectivity index (χ4n) is 3.84. The molecule has 2 rings (SSSR count). The Balaban J connectivity index is 1.30. The highest BCUT2D eigenvalue weighted by Crippen LogP contribution is 2.07. The van der Waals surface area contributed by atoms with Crippen molar-refractivity contribution >= 4 is 24.1 Å². The third kappa shape index (κ3) is 18.3. The first kappa shape index (κ1) is 34.1. The third-order valence-electron chi connectivity index (χ3n) is 6.14. The molecule has 0 aliphatic heterocycles. The van der Waals surface area contributed by atoms with Crippen molar-refractivity contribution in [1.29, 1.82) is 0 Å². The first-order valence-corrected chi connectivity index (χ1v) is 14.7. The first-order chi connectivity index (χ1) is 20.5. The molecule has 10 nitrogen and oxygen atoms in total. The Bertz CT molecular complexity index is 950. The standard InChI is InChI=1S/C32H44N2O8/c35-29(39-22-12-23-40-30(36)20-19-27-14-6-4-7-15-27)18-10-2-1-3-11-21-33-31(37)41-24-13-25-42-32(38)34-26-28-16-8-5-9-17-28/h4-9,14-17H,1-3,10-13,18-26H2,(H,33,37)(H,34,38). The minimum absolute atomic E-state index is 0.159. The molecule has 0 unspecified atom stereocenters. The Morgan fingerprint density at radius 3 is 1.64 bits per heavy atom. The Morgan fingerprint density at radius 2 is 1.00 bits per heavy atom. The number of amides is 2. The summed E-state index contributed by atoms with van der Waals surface area (Å²) in [5, 5.41) is 5.36. The molecule has 0 fully saturated rings. The minimum Gasteiger partial charge on any atom is -0.466 e. The Labute approximate surface area is 248 Å². The van der Waals surface area contributed by atoms with Gasteiger partial charge in [-0.15, -0.1) is 0 Å². The van der Waals surface area contributed by atoms with E-state index in [4.69, 9.17) is 18.9 Å². The van der Waals surface area contributed by atoms with Crippen LogP contribution < -0.4 is 10.6 Å². The summed E-state index contributed by atoms with van der Waals surface area (Å²) in [7, 11) is 0. The van der Waals surface area contributed by atoms with Crippen molar-refractivity contribution < 1.29 is 38.1 Å². The van der Waals surface area contributed by atoms with E-state index in [-0.39, 0.29) is 38.4 Å². The van der Waals surface area contributed by atoms with Gasteiger partial charge in [0.2, 0.25) is 0 Å². The highest BCUT2D eigenvalue weighted by Gasteiger charge is 2.07.